The predicted molar refractivity (Wildman–Crippen MR) is 56.1 cm³/mol. The lowest BCUT2D eigenvalue weighted by molar-refractivity contribution is -0.160. The fourth-order valence-corrected chi connectivity index (χ4v) is 0.913. The molecule has 84 valence electrons. The molecule has 0 aromatic rings. The minimum atomic E-state index is -0.857. The first-order valence-corrected chi connectivity index (χ1v) is 4.72. The van der Waals surface area contributed by atoms with Gasteiger partial charge in [0, 0.05) is 0 Å². The Morgan fingerprint density at radius 2 is 1.53 bits per heavy atom. The molecule has 0 aromatic heterocycles. The van der Waals surface area contributed by atoms with E-state index in [-0.39, 0.29) is 13.2 Å². The van der Waals surface area contributed by atoms with Gasteiger partial charge in [-0.05, 0) is 6.42 Å². The average Bonchev–Trinajstić information content (AvgIpc) is 2.24. The number of esters is 2. The van der Waals surface area contributed by atoms with E-state index in [4.69, 9.17) is 9.47 Å². The standard InChI is InChI=1S/C11H16O4/c1-4-7-14-10(12)9(6-3)11(13)15-8-5-2/h4-5,9H,1-2,6-8H2,3H3. The molecule has 0 spiro atoms. The van der Waals surface area contributed by atoms with Crippen molar-refractivity contribution in [1.82, 2.24) is 0 Å². The maximum atomic E-state index is 11.3. The van der Waals surface area contributed by atoms with Crippen LogP contribution in [0.15, 0.2) is 25.3 Å². The Morgan fingerprint density at radius 1 is 1.13 bits per heavy atom. The molecular formula is C11H16O4. The molecule has 0 radical (unpaired) electrons. The maximum Gasteiger partial charge on any atom is 0.320 e. The molecule has 0 aliphatic carbocycles. The molecule has 4 heteroatoms. The molecule has 0 amide bonds. The van der Waals surface area contributed by atoms with E-state index < -0.39 is 17.9 Å². The highest BCUT2D eigenvalue weighted by molar-refractivity contribution is 5.94. The van der Waals surface area contributed by atoms with Gasteiger partial charge in [-0.2, -0.15) is 0 Å². The number of rotatable bonds is 7. The first-order valence-electron chi connectivity index (χ1n) is 4.72. The van der Waals surface area contributed by atoms with Crippen molar-refractivity contribution in [3.8, 4) is 0 Å². The van der Waals surface area contributed by atoms with Crippen molar-refractivity contribution < 1.29 is 19.1 Å². The van der Waals surface area contributed by atoms with Crippen LogP contribution in [-0.2, 0) is 19.1 Å². The van der Waals surface area contributed by atoms with Crippen LogP contribution < -0.4 is 0 Å². The fourth-order valence-electron chi connectivity index (χ4n) is 0.913. The molecule has 0 heterocycles. The van der Waals surface area contributed by atoms with E-state index in [9.17, 15) is 9.59 Å². The van der Waals surface area contributed by atoms with Crippen LogP contribution >= 0.6 is 0 Å². The molecule has 0 N–H and O–H groups in total. The lowest BCUT2D eigenvalue weighted by Gasteiger charge is -2.11. The largest absolute Gasteiger partial charge is 0.461 e. The molecule has 0 aliphatic heterocycles. The van der Waals surface area contributed by atoms with E-state index in [1.54, 1.807) is 6.92 Å². The fraction of sp³-hybridized carbons (Fsp3) is 0.455. The molecule has 0 unspecified atom stereocenters. The highest BCUT2D eigenvalue weighted by Gasteiger charge is 2.27. The van der Waals surface area contributed by atoms with Gasteiger partial charge in [-0.1, -0.05) is 32.2 Å². The van der Waals surface area contributed by atoms with Crippen LogP contribution in [0.4, 0.5) is 0 Å². The van der Waals surface area contributed by atoms with Gasteiger partial charge < -0.3 is 9.47 Å². The van der Waals surface area contributed by atoms with Gasteiger partial charge >= 0.3 is 11.9 Å². The quantitative estimate of drug-likeness (QED) is 0.364. The molecule has 0 aliphatic rings. The normalized spacial score (nSPS) is 9.47. The second kappa shape index (κ2) is 7.79. The van der Waals surface area contributed by atoms with Crippen LogP contribution in [-0.4, -0.2) is 25.2 Å². The van der Waals surface area contributed by atoms with Gasteiger partial charge in [0.05, 0.1) is 0 Å². The summed E-state index contributed by atoms with van der Waals surface area (Å²) in [5.74, 6) is -2.01. The van der Waals surface area contributed by atoms with Gasteiger partial charge in [0.1, 0.15) is 13.2 Å². The van der Waals surface area contributed by atoms with Crippen LogP contribution in [0.5, 0.6) is 0 Å². The van der Waals surface area contributed by atoms with E-state index in [0.717, 1.165) is 0 Å². The van der Waals surface area contributed by atoms with Crippen molar-refractivity contribution >= 4 is 11.9 Å². The Balaban J connectivity index is 4.19. The summed E-state index contributed by atoms with van der Waals surface area (Å²) in [4.78, 5) is 22.7. The summed E-state index contributed by atoms with van der Waals surface area (Å²) in [7, 11) is 0. The zero-order valence-corrected chi connectivity index (χ0v) is 8.90. The van der Waals surface area contributed by atoms with E-state index in [1.807, 2.05) is 0 Å². The van der Waals surface area contributed by atoms with Crippen molar-refractivity contribution in [2.45, 2.75) is 13.3 Å². The van der Waals surface area contributed by atoms with Crippen molar-refractivity contribution in [2.24, 2.45) is 5.92 Å². The number of ether oxygens (including phenoxy) is 2. The lowest BCUT2D eigenvalue weighted by Crippen LogP contribution is -2.27. The third-order valence-electron chi connectivity index (χ3n) is 1.66. The molecular weight excluding hydrogens is 196 g/mol. The Bertz CT molecular complexity index is 221. The summed E-state index contributed by atoms with van der Waals surface area (Å²) in [5, 5.41) is 0. The molecule has 0 fully saturated rings. The van der Waals surface area contributed by atoms with Crippen molar-refractivity contribution in [1.29, 1.82) is 0 Å². The van der Waals surface area contributed by atoms with E-state index in [2.05, 4.69) is 13.2 Å². The topological polar surface area (TPSA) is 52.6 Å². The van der Waals surface area contributed by atoms with Gasteiger partial charge in [0.15, 0.2) is 5.92 Å². The van der Waals surface area contributed by atoms with Gasteiger partial charge in [0.2, 0.25) is 0 Å². The SMILES string of the molecule is C=CCOC(=O)C(CC)C(=O)OCC=C. The second-order valence-corrected chi connectivity index (χ2v) is 2.80. The Morgan fingerprint density at radius 3 is 1.80 bits per heavy atom. The molecule has 15 heavy (non-hydrogen) atoms. The van der Waals surface area contributed by atoms with Gasteiger partial charge in [0.25, 0.3) is 0 Å². The van der Waals surface area contributed by atoms with E-state index in [1.165, 1.54) is 12.2 Å². The zero-order chi connectivity index (χ0) is 11.7. The summed E-state index contributed by atoms with van der Waals surface area (Å²) >= 11 is 0. The average molecular weight is 212 g/mol. The van der Waals surface area contributed by atoms with Crippen LogP contribution in [0.2, 0.25) is 0 Å². The van der Waals surface area contributed by atoms with Crippen molar-refractivity contribution in [3.05, 3.63) is 25.3 Å². The molecule has 4 nitrogen and oxygen atoms in total. The first-order chi connectivity index (χ1) is 7.17. The second-order valence-electron chi connectivity index (χ2n) is 2.80. The third-order valence-corrected chi connectivity index (χ3v) is 1.66. The zero-order valence-electron chi connectivity index (χ0n) is 8.90. The monoisotopic (exact) mass is 212 g/mol. The van der Waals surface area contributed by atoms with Gasteiger partial charge in [-0.15, -0.1) is 0 Å². The highest BCUT2D eigenvalue weighted by Crippen LogP contribution is 2.08. The number of hydrogen-bond donors (Lipinski definition) is 0. The Hall–Kier alpha value is -1.58. The number of carbonyl (C=O) groups is 2. The van der Waals surface area contributed by atoms with Crippen molar-refractivity contribution in [3.63, 3.8) is 0 Å². The molecule has 0 saturated heterocycles. The third kappa shape index (κ3) is 5.00. The molecule has 0 bridgehead atoms. The summed E-state index contributed by atoms with van der Waals surface area (Å²) in [6.45, 7) is 8.73. The maximum absolute atomic E-state index is 11.3. The first kappa shape index (κ1) is 13.4. The molecule has 0 aromatic carbocycles. The van der Waals surface area contributed by atoms with Crippen molar-refractivity contribution in [2.75, 3.05) is 13.2 Å². The Kier molecular flexibility index (Phi) is 6.97. The molecule has 0 rings (SSSR count). The van der Waals surface area contributed by atoms with E-state index >= 15 is 0 Å². The van der Waals surface area contributed by atoms with Gasteiger partial charge in [-0.3, -0.25) is 9.59 Å². The minimum Gasteiger partial charge on any atom is -0.461 e. The van der Waals surface area contributed by atoms with Crippen LogP contribution in [0, 0.1) is 5.92 Å². The smallest absolute Gasteiger partial charge is 0.320 e. The lowest BCUT2D eigenvalue weighted by atomic mass is 10.1. The highest BCUT2D eigenvalue weighted by atomic mass is 16.6. The molecule has 0 atom stereocenters. The summed E-state index contributed by atoms with van der Waals surface area (Å²) in [6, 6.07) is 0. The Labute approximate surface area is 89.6 Å². The van der Waals surface area contributed by atoms with Crippen LogP contribution in [0.1, 0.15) is 13.3 Å². The summed E-state index contributed by atoms with van der Waals surface area (Å²) in [5.41, 5.74) is 0. The number of carbonyl (C=O) groups excluding carboxylic acids is 2. The molecule has 0 saturated carbocycles. The number of hydrogen-bond acceptors (Lipinski definition) is 4. The van der Waals surface area contributed by atoms with Gasteiger partial charge in [-0.25, -0.2) is 0 Å². The summed E-state index contributed by atoms with van der Waals surface area (Å²) in [6.07, 6.45) is 3.24. The predicted octanol–water partition coefficient (Wildman–Crippen LogP) is 1.47. The van der Waals surface area contributed by atoms with Crippen LogP contribution in [0.3, 0.4) is 0 Å². The van der Waals surface area contributed by atoms with Crippen LogP contribution in [0.25, 0.3) is 0 Å². The van der Waals surface area contributed by atoms with E-state index in [0.29, 0.717) is 6.42 Å². The summed E-state index contributed by atoms with van der Waals surface area (Å²) < 4.78 is 9.52. The minimum absolute atomic E-state index is 0.101.